The summed E-state index contributed by atoms with van der Waals surface area (Å²) in [7, 11) is 0. The molecule has 0 spiro atoms. The lowest BCUT2D eigenvalue weighted by molar-refractivity contribution is 0.476. The van der Waals surface area contributed by atoms with Gasteiger partial charge in [0.15, 0.2) is 5.76 Å². The van der Waals surface area contributed by atoms with E-state index in [1.165, 1.54) is 44.5 Å². The second kappa shape index (κ2) is 24.3. The minimum atomic E-state index is 0.229. The number of aromatic hydroxyl groups is 1. The summed E-state index contributed by atoms with van der Waals surface area (Å²) < 4.78 is 6.98. The van der Waals surface area contributed by atoms with Crippen LogP contribution in [0.5, 0.6) is 5.75 Å². The van der Waals surface area contributed by atoms with Gasteiger partial charge >= 0.3 is 0 Å². The van der Waals surface area contributed by atoms with Gasteiger partial charge in [0.05, 0.1) is 22.8 Å². The molecule has 0 atom stereocenters. The fourth-order valence-electron chi connectivity index (χ4n) is 9.64. The second-order valence-electron chi connectivity index (χ2n) is 17.7. The van der Waals surface area contributed by atoms with Crippen LogP contribution in [0.25, 0.3) is 32.8 Å². The number of hydrogen-bond donors (Lipinski definition) is 1. The van der Waals surface area contributed by atoms with Gasteiger partial charge in [0.1, 0.15) is 11.5 Å². The number of para-hydroxylation sites is 2. The number of phenols is 1. The first-order chi connectivity index (χ1) is 33.5. The Morgan fingerprint density at radius 3 is 1.87 bits per heavy atom. The minimum Gasteiger partial charge on any atom is -0.506 e. The maximum Gasteiger partial charge on any atom is 0.154 e. The molecule has 1 N–H and O–H groups in total. The molecule has 9 rings (SSSR count). The fourth-order valence-corrected chi connectivity index (χ4v) is 9.64. The number of rotatable bonds is 9. The van der Waals surface area contributed by atoms with E-state index < -0.39 is 0 Å². The highest BCUT2D eigenvalue weighted by Gasteiger charge is 2.31. The Kier molecular flexibility index (Phi) is 18.1. The van der Waals surface area contributed by atoms with Gasteiger partial charge in [0, 0.05) is 27.9 Å². The molecular weight excluding hydrogens is 841 g/mol. The maximum absolute atomic E-state index is 11.3. The third kappa shape index (κ3) is 11.8. The summed E-state index contributed by atoms with van der Waals surface area (Å²) in [6.45, 7) is 26.6. The molecule has 4 heteroatoms. The first-order valence-electron chi connectivity index (χ1n) is 25.2. The Morgan fingerprint density at radius 1 is 0.609 bits per heavy atom. The van der Waals surface area contributed by atoms with Crippen LogP contribution in [0.4, 0.5) is 28.4 Å². The standard InChI is InChI=1S/C52H48N2O2.C9H14.2C2H6/c1-33-26-34(2)29-40(28-33)53(49-20-13-17-44-43-16-10-9-14-37(5)51(43)56-52(44)49)46-18-8-6-7-15-42-45-32-39(46)23-22-38(45)24-25-47(42)54(48-19-11-12-21-50(48)55)41-30-35(3)27-36(4)31-41;1-4-6-8-9(3)7-5-2;2*1-2/h6-8,11-12,14-15,18-32,55H,9-10,13,16-17H2,1-5H3;4,6-8H,1,5H2,2-3H3;2*1-2H3/b;8-6-,9-7-;;. The molecule has 0 unspecified atom stereocenters. The van der Waals surface area contributed by atoms with E-state index in [0.29, 0.717) is 0 Å². The van der Waals surface area contributed by atoms with E-state index in [4.69, 9.17) is 4.42 Å². The van der Waals surface area contributed by atoms with Gasteiger partial charge in [-0.3, -0.25) is 0 Å². The van der Waals surface area contributed by atoms with Gasteiger partial charge < -0.3 is 19.3 Å². The molecule has 0 fully saturated rings. The van der Waals surface area contributed by atoms with Gasteiger partial charge in [0.2, 0.25) is 0 Å². The highest BCUT2D eigenvalue weighted by Crippen LogP contribution is 2.47. The monoisotopic (exact) mass is 915 g/mol. The molecule has 0 radical (unpaired) electrons. The summed E-state index contributed by atoms with van der Waals surface area (Å²) in [6, 6.07) is 43.1. The van der Waals surface area contributed by atoms with Crippen molar-refractivity contribution in [2.24, 2.45) is 0 Å². The van der Waals surface area contributed by atoms with Gasteiger partial charge in [0.25, 0.3) is 0 Å². The molecule has 0 aliphatic heterocycles. The lowest BCUT2D eigenvalue weighted by atomic mass is 9.93. The molecule has 356 valence electrons. The van der Waals surface area contributed by atoms with Crippen LogP contribution in [-0.2, 0) is 12.8 Å². The first-order valence-corrected chi connectivity index (χ1v) is 25.2. The van der Waals surface area contributed by atoms with Gasteiger partial charge in [-0.1, -0.05) is 150 Å². The highest BCUT2D eigenvalue weighted by molar-refractivity contribution is 6.10. The quantitative estimate of drug-likeness (QED) is 0.147. The number of allylic oxidation sites excluding steroid dienone is 8. The number of anilines is 5. The minimum absolute atomic E-state index is 0.229. The summed E-state index contributed by atoms with van der Waals surface area (Å²) >= 11 is 0. The lowest BCUT2D eigenvalue weighted by Gasteiger charge is -2.30. The van der Waals surface area contributed by atoms with Crippen molar-refractivity contribution in [1.82, 2.24) is 0 Å². The van der Waals surface area contributed by atoms with E-state index in [0.717, 1.165) is 106 Å². The Labute approximate surface area is 414 Å². The summed E-state index contributed by atoms with van der Waals surface area (Å²) in [5.74, 6) is 2.28. The third-order valence-corrected chi connectivity index (χ3v) is 12.4. The Balaban J connectivity index is 0.000000538. The lowest BCUT2D eigenvalue weighted by Crippen LogP contribution is -2.18. The molecule has 0 saturated heterocycles. The van der Waals surface area contributed by atoms with E-state index in [-0.39, 0.29) is 5.75 Å². The normalized spacial score (nSPS) is 12.9. The van der Waals surface area contributed by atoms with E-state index in [1.807, 2.05) is 52.0 Å². The van der Waals surface area contributed by atoms with Crippen molar-refractivity contribution in [3.63, 3.8) is 0 Å². The molecular formula is C65H74N2O2. The first kappa shape index (κ1) is 51.4. The summed E-state index contributed by atoms with van der Waals surface area (Å²) in [6.07, 6.45) is 19.0. The molecule has 2 aliphatic rings. The van der Waals surface area contributed by atoms with Crippen molar-refractivity contribution >= 4 is 61.3 Å². The van der Waals surface area contributed by atoms with Crippen LogP contribution in [0.1, 0.15) is 119 Å². The number of aryl methyl sites for hydroxylation is 4. The molecule has 1 aromatic heterocycles. The number of fused-ring (bicyclic) bond motifs is 4. The Bertz CT molecular complexity index is 3020. The predicted molar refractivity (Wildman–Crippen MR) is 302 cm³/mol. The van der Waals surface area contributed by atoms with Crippen molar-refractivity contribution in [2.45, 2.75) is 115 Å². The van der Waals surface area contributed by atoms with Crippen molar-refractivity contribution < 1.29 is 9.52 Å². The Morgan fingerprint density at radius 2 is 1.20 bits per heavy atom. The predicted octanol–water partition coefficient (Wildman–Crippen LogP) is 19.6. The third-order valence-electron chi connectivity index (χ3n) is 12.4. The molecule has 69 heavy (non-hydrogen) atoms. The van der Waals surface area contributed by atoms with E-state index in [9.17, 15) is 5.11 Å². The zero-order chi connectivity index (χ0) is 49.6. The number of hydrogen-bond acceptors (Lipinski definition) is 4. The van der Waals surface area contributed by atoms with Crippen LogP contribution >= 0.6 is 0 Å². The van der Waals surface area contributed by atoms with Crippen LogP contribution in [0.2, 0.25) is 0 Å². The SMILES string of the molecule is C=C/C=C\C(C)=C/CC.CC.CC.CC1=CCCCc2c1oc1c2CCC=C1N(c1cc(C)cc(C)c1)c1cccccc2c(N(c3cc(C)cc(C)c3)c3ccccc3O)ccc3ccc1cc32. The van der Waals surface area contributed by atoms with Gasteiger partial charge in [-0.25, -0.2) is 0 Å². The number of nitrogens with zero attached hydrogens (tertiary/aromatic N) is 2. The van der Waals surface area contributed by atoms with Crippen molar-refractivity contribution in [2.75, 3.05) is 9.80 Å². The van der Waals surface area contributed by atoms with Crippen molar-refractivity contribution in [3.8, 4) is 5.75 Å². The van der Waals surface area contributed by atoms with Gasteiger partial charge in [-0.15, -0.1) is 0 Å². The smallest absolute Gasteiger partial charge is 0.154 e. The average Bonchev–Trinajstić information content (AvgIpc) is 3.62. The largest absolute Gasteiger partial charge is 0.506 e. The van der Waals surface area contributed by atoms with Crippen LogP contribution < -0.4 is 9.80 Å². The second-order valence-corrected chi connectivity index (χ2v) is 17.7. The van der Waals surface area contributed by atoms with Crippen LogP contribution in [0, 0.1) is 27.7 Å². The Hall–Kier alpha value is -7.04. The van der Waals surface area contributed by atoms with E-state index in [2.05, 4.69) is 186 Å². The fraction of sp³-hybridized carbons (Fsp3) is 0.262. The molecule has 0 saturated carbocycles. The maximum atomic E-state index is 11.3. The molecule has 4 nitrogen and oxygen atoms in total. The molecule has 1 heterocycles. The van der Waals surface area contributed by atoms with Crippen molar-refractivity contribution in [3.05, 3.63) is 215 Å². The number of furan rings is 1. The van der Waals surface area contributed by atoms with Gasteiger partial charge in [-0.2, -0.15) is 0 Å². The van der Waals surface area contributed by atoms with E-state index >= 15 is 0 Å². The topological polar surface area (TPSA) is 39.9 Å². The van der Waals surface area contributed by atoms with Crippen LogP contribution in [-0.4, -0.2) is 5.11 Å². The van der Waals surface area contributed by atoms with Crippen LogP contribution in [0.15, 0.2) is 174 Å². The molecule has 2 bridgehead atoms. The van der Waals surface area contributed by atoms with E-state index in [1.54, 1.807) is 12.1 Å². The molecule has 6 aromatic carbocycles. The average molecular weight is 915 g/mol. The summed E-state index contributed by atoms with van der Waals surface area (Å²) in [4.78, 5) is 4.63. The summed E-state index contributed by atoms with van der Waals surface area (Å²) in [5.41, 5.74) is 16.1. The van der Waals surface area contributed by atoms with Gasteiger partial charge in [-0.05, 0) is 179 Å². The van der Waals surface area contributed by atoms with Crippen molar-refractivity contribution in [1.29, 1.82) is 0 Å². The molecule has 2 aliphatic carbocycles. The molecule has 7 aromatic rings. The zero-order valence-electron chi connectivity index (χ0n) is 43.2. The summed E-state index contributed by atoms with van der Waals surface area (Å²) in [5, 5.41) is 15.8. The zero-order valence-corrected chi connectivity index (χ0v) is 43.2. The highest BCUT2D eigenvalue weighted by atomic mass is 16.3. The number of benzene rings is 5. The van der Waals surface area contributed by atoms with Crippen LogP contribution in [0.3, 0.4) is 0 Å². The number of phenolic OH excluding ortho intramolecular Hbond substituents is 1. The molecule has 0 amide bonds.